The number of aromatic nitrogens is 1. The van der Waals surface area contributed by atoms with Crippen molar-refractivity contribution >= 4 is 53.2 Å². The van der Waals surface area contributed by atoms with Crippen LogP contribution in [-0.4, -0.2) is 4.98 Å². The number of hydrogen-bond acceptors (Lipinski definition) is 2. The van der Waals surface area contributed by atoms with Crippen LogP contribution in [0.4, 0.5) is 0 Å². The van der Waals surface area contributed by atoms with E-state index in [9.17, 15) is 4.79 Å². The molecule has 0 aliphatic carbocycles. The lowest BCUT2D eigenvalue weighted by molar-refractivity contribution is 1.35. The predicted octanol–water partition coefficient (Wildman–Crippen LogP) is 5.36. The molecule has 0 unspecified atom stereocenters. The molecule has 0 saturated heterocycles. The average molecular weight is 315 g/mol. The number of hydrogen-bond donors (Lipinski definition) is 1. The molecule has 5 rings (SSSR count). The van der Waals surface area contributed by atoms with Crippen LogP contribution >= 0.6 is 11.3 Å². The van der Waals surface area contributed by atoms with Crippen LogP contribution in [-0.2, 0) is 0 Å². The molecule has 0 spiro atoms. The van der Waals surface area contributed by atoms with Crippen LogP contribution in [0.5, 0.6) is 0 Å². The third kappa shape index (κ3) is 1.71. The summed E-state index contributed by atoms with van der Waals surface area (Å²) in [6.07, 6.45) is 0. The molecule has 0 saturated carbocycles. The Labute approximate surface area is 136 Å². The highest BCUT2D eigenvalue weighted by Crippen LogP contribution is 2.39. The lowest BCUT2D eigenvalue weighted by atomic mass is 10.0. The van der Waals surface area contributed by atoms with E-state index < -0.39 is 0 Å². The first-order chi connectivity index (χ1) is 11.2. The van der Waals surface area contributed by atoms with Crippen molar-refractivity contribution in [3.05, 3.63) is 70.5 Å². The maximum absolute atomic E-state index is 12.5. The number of H-pyrrole nitrogens is 1. The second-order valence-electron chi connectivity index (χ2n) is 5.97. The molecule has 3 heteroatoms. The van der Waals surface area contributed by atoms with Gasteiger partial charge in [-0.1, -0.05) is 48.0 Å². The molecule has 0 aliphatic rings. The zero-order valence-electron chi connectivity index (χ0n) is 12.5. The van der Waals surface area contributed by atoms with Gasteiger partial charge in [0.05, 0.1) is 0 Å². The highest BCUT2D eigenvalue weighted by molar-refractivity contribution is 7.26. The van der Waals surface area contributed by atoms with Crippen molar-refractivity contribution in [2.75, 3.05) is 0 Å². The largest absolute Gasteiger partial charge is 0.321 e. The summed E-state index contributed by atoms with van der Waals surface area (Å²) in [5.41, 5.74) is 2.11. The molecule has 2 nitrogen and oxygen atoms in total. The molecule has 110 valence electrons. The van der Waals surface area contributed by atoms with Gasteiger partial charge in [0.2, 0.25) is 0 Å². The lowest BCUT2D eigenvalue weighted by Crippen LogP contribution is -2.04. The van der Waals surface area contributed by atoms with Gasteiger partial charge in [-0.05, 0) is 29.8 Å². The molecule has 2 aromatic heterocycles. The minimum absolute atomic E-state index is 0.00151. The summed E-state index contributed by atoms with van der Waals surface area (Å²) in [6, 6.07) is 18.8. The molecule has 2 heterocycles. The SMILES string of the molecule is Cc1ccc2[nH]c(=O)c3sc4c5ccccc5ccc4c3c2c1. The van der Waals surface area contributed by atoms with E-state index in [1.54, 1.807) is 11.3 Å². The zero-order valence-corrected chi connectivity index (χ0v) is 13.3. The molecule has 0 atom stereocenters. The lowest BCUT2D eigenvalue weighted by Gasteiger charge is -2.03. The number of rotatable bonds is 0. The van der Waals surface area contributed by atoms with E-state index in [0.29, 0.717) is 0 Å². The van der Waals surface area contributed by atoms with Gasteiger partial charge in [-0.25, -0.2) is 0 Å². The molecule has 0 radical (unpaired) electrons. The minimum Gasteiger partial charge on any atom is -0.321 e. The fourth-order valence-corrected chi connectivity index (χ4v) is 4.65. The zero-order chi connectivity index (χ0) is 15.6. The van der Waals surface area contributed by atoms with Crippen molar-refractivity contribution in [2.45, 2.75) is 6.92 Å². The van der Waals surface area contributed by atoms with Gasteiger partial charge in [0.25, 0.3) is 5.56 Å². The first kappa shape index (κ1) is 12.9. The fourth-order valence-electron chi connectivity index (χ4n) is 3.41. The van der Waals surface area contributed by atoms with Crippen LogP contribution in [0.2, 0.25) is 0 Å². The number of benzene rings is 3. The predicted molar refractivity (Wildman–Crippen MR) is 99.7 cm³/mol. The van der Waals surface area contributed by atoms with E-state index in [1.807, 2.05) is 18.2 Å². The van der Waals surface area contributed by atoms with Gasteiger partial charge in [0.15, 0.2) is 0 Å². The van der Waals surface area contributed by atoms with Crippen LogP contribution in [0.3, 0.4) is 0 Å². The van der Waals surface area contributed by atoms with Crippen LogP contribution in [0.1, 0.15) is 5.56 Å². The maximum atomic E-state index is 12.5. The van der Waals surface area contributed by atoms with E-state index in [0.717, 1.165) is 21.0 Å². The number of nitrogens with one attached hydrogen (secondary N) is 1. The Morgan fingerprint density at radius 1 is 0.870 bits per heavy atom. The Morgan fingerprint density at radius 2 is 1.74 bits per heavy atom. The molecule has 23 heavy (non-hydrogen) atoms. The van der Waals surface area contributed by atoms with E-state index in [4.69, 9.17) is 0 Å². The summed E-state index contributed by atoms with van der Waals surface area (Å²) in [7, 11) is 0. The summed E-state index contributed by atoms with van der Waals surface area (Å²) in [5.74, 6) is 0. The van der Waals surface area contributed by atoms with Crippen molar-refractivity contribution in [3.63, 3.8) is 0 Å². The monoisotopic (exact) mass is 315 g/mol. The minimum atomic E-state index is 0.00151. The third-order valence-corrected chi connectivity index (χ3v) is 5.72. The van der Waals surface area contributed by atoms with E-state index in [-0.39, 0.29) is 5.56 Å². The van der Waals surface area contributed by atoms with Gasteiger partial charge in [-0.3, -0.25) is 4.79 Å². The van der Waals surface area contributed by atoms with Gasteiger partial charge in [-0.15, -0.1) is 11.3 Å². The molecule has 0 bridgehead atoms. The number of fused-ring (bicyclic) bond motifs is 7. The Hall–Kier alpha value is -2.65. The molecule has 0 fully saturated rings. The van der Waals surface area contributed by atoms with Crippen LogP contribution in [0.25, 0.3) is 41.8 Å². The van der Waals surface area contributed by atoms with Gasteiger partial charge in [0, 0.05) is 26.4 Å². The first-order valence-corrected chi connectivity index (χ1v) is 8.40. The summed E-state index contributed by atoms with van der Waals surface area (Å²) in [5, 5.41) is 5.81. The number of aryl methyl sites for hydroxylation is 1. The third-order valence-electron chi connectivity index (χ3n) is 4.48. The Balaban J connectivity index is 2.14. The second-order valence-corrected chi connectivity index (χ2v) is 6.99. The molecule has 0 aliphatic heterocycles. The van der Waals surface area contributed by atoms with Crippen molar-refractivity contribution < 1.29 is 0 Å². The summed E-state index contributed by atoms with van der Waals surface area (Å²) < 4.78 is 2.01. The molecule has 0 amide bonds. The normalized spacial score (nSPS) is 11.9. The van der Waals surface area contributed by atoms with Gasteiger partial charge < -0.3 is 4.98 Å². The Bertz CT molecular complexity index is 1290. The number of pyridine rings is 1. The topological polar surface area (TPSA) is 32.9 Å². The summed E-state index contributed by atoms with van der Waals surface area (Å²) >= 11 is 1.59. The van der Waals surface area contributed by atoms with Crippen LogP contribution < -0.4 is 5.56 Å². The van der Waals surface area contributed by atoms with Gasteiger partial charge in [-0.2, -0.15) is 0 Å². The van der Waals surface area contributed by atoms with E-state index in [2.05, 4.69) is 48.3 Å². The average Bonchev–Trinajstić information content (AvgIpc) is 2.97. The molecule has 1 N–H and O–H groups in total. The Morgan fingerprint density at radius 3 is 2.65 bits per heavy atom. The highest BCUT2D eigenvalue weighted by atomic mass is 32.1. The number of thiophene rings is 1. The van der Waals surface area contributed by atoms with Crippen LogP contribution in [0, 0.1) is 6.92 Å². The maximum Gasteiger partial charge on any atom is 0.266 e. The standard InChI is InChI=1S/C20H13NOS/c1-11-6-9-16-15(10-11)17-14-8-7-12-4-2-3-5-13(12)18(14)23-19(17)20(22)21-16/h2-10H,1H3,(H,21,22). The summed E-state index contributed by atoms with van der Waals surface area (Å²) in [4.78, 5) is 15.6. The van der Waals surface area contributed by atoms with Crippen molar-refractivity contribution in [1.82, 2.24) is 4.98 Å². The van der Waals surface area contributed by atoms with E-state index in [1.165, 1.54) is 26.4 Å². The Kier molecular flexibility index (Phi) is 2.48. The fraction of sp³-hybridized carbons (Fsp3) is 0.0500. The van der Waals surface area contributed by atoms with Crippen LogP contribution in [0.15, 0.2) is 59.4 Å². The van der Waals surface area contributed by atoms with Crippen molar-refractivity contribution in [2.24, 2.45) is 0 Å². The second kappa shape index (κ2) is 4.43. The van der Waals surface area contributed by atoms with Gasteiger partial charge in [0.1, 0.15) is 4.70 Å². The smallest absolute Gasteiger partial charge is 0.266 e. The van der Waals surface area contributed by atoms with Crippen molar-refractivity contribution in [3.8, 4) is 0 Å². The highest BCUT2D eigenvalue weighted by Gasteiger charge is 2.14. The molecular weight excluding hydrogens is 302 g/mol. The molecule has 3 aromatic carbocycles. The number of aromatic amines is 1. The van der Waals surface area contributed by atoms with Crippen molar-refractivity contribution in [1.29, 1.82) is 0 Å². The molecular formula is C20H13NOS. The van der Waals surface area contributed by atoms with E-state index >= 15 is 0 Å². The summed E-state index contributed by atoms with van der Waals surface area (Å²) in [6.45, 7) is 2.08. The van der Waals surface area contributed by atoms with Gasteiger partial charge >= 0.3 is 0 Å². The molecule has 5 aromatic rings. The first-order valence-electron chi connectivity index (χ1n) is 7.59. The quantitative estimate of drug-likeness (QED) is 0.410.